The molecule has 0 atom stereocenters. The number of benzene rings is 3. The van der Waals surface area contributed by atoms with Gasteiger partial charge in [-0.05, 0) is 55.3 Å². The summed E-state index contributed by atoms with van der Waals surface area (Å²) in [6.45, 7) is 3.30. The van der Waals surface area contributed by atoms with Gasteiger partial charge >= 0.3 is 0 Å². The Kier molecular flexibility index (Phi) is 6.52. The number of carbonyl (C=O) groups is 1. The number of hydrogen-bond donors (Lipinski definition) is 1. The third-order valence-electron chi connectivity index (χ3n) is 4.66. The molecule has 5 nitrogen and oxygen atoms in total. The first-order valence-corrected chi connectivity index (χ1v) is 11.0. The number of nitrogens with zero attached hydrogens (tertiary/aromatic N) is 1. The summed E-state index contributed by atoms with van der Waals surface area (Å²) in [7, 11) is -4.16. The molecule has 30 heavy (non-hydrogen) atoms. The Hall–Kier alpha value is -3.19. The zero-order chi connectivity index (χ0) is 21.7. The number of sulfonamides is 1. The van der Waals surface area contributed by atoms with Crippen molar-refractivity contribution in [3.63, 3.8) is 0 Å². The Morgan fingerprint density at radius 2 is 1.60 bits per heavy atom. The molecule has 0 bridgehead atoms. The zero-order valence-electron chi connectivity index (χ0n) is 16.8. The lowest BCUT2D eigenvalue weighted by molar-refractivity contribution is -0.114. The fourth-order valence-corrected chi connectivity index (χ4v) is 4.37. The number of aryl methyl sites for hydroxylation is 2. The van der Waals surface area contributed by atoms with Crippen LogP contribution in [0.3, 0.4) is 0 Å². The van der Waals surface area contributed by atoms with Gasteiger partial charge in [0, 0.05) is 5.69 Å². The molecule has 0 saturated heterocycles. The third kappa shape index (κ3) is 4.86. The van der Waals surface area contributed by atoms with E-state index < -0.39 is 28.3 Å². The van der Waals surface area contributed by atoms with Crippen molar-refractivity contribution >= 4 is 27.3 Å². The molecule has 0 aromatic heterocycles. The Bertz CT molecular complexity index is 1130. The van der Waals surface area contributed by atoms with Crippen LogP contribution < -0.4 is 9.62 Å². The summed E-state index contributed by atoms with van der Waals surface area (Å²) < 4.78 is 41.8. The highest BCUT2D eigenvalue weighted by molar-refractivity contribution is 7.92. The molecular weight excluding hydrogens is 403 g/mol. The van der Waals surface area contributed by atoms with E-state index >= 15 is 0 Å². The smallest absolute Gasteiger partial charge is 0.264 e. The largest absolute Gasteiger partial charge is 0.325 e. The van der Waals surface area contributed by atoms with Gasteiger partial charge in [0.25, 0.3) is 10.0 Å². The van der Waals surface area contributed by atoms with E-state index in [9.17, 15) is 17.6 Å². The van der Waals surface area contributed by atoms with Crippen molar-refractivity contribution in [1.82, 2.24) is 0 Å². The monoisotopic (exact) mass is 426 g/mol. The molecule has 156 valence electrons. The highest BCUT2D eigenvalue weighted by Gasteiger charge is 2.29. The molecule has 3 aromatic carbocycles. The van der Waals surface area contributed by atoms with Gasteiger partial charge in [0.05, 0.1) is 10.6 Å². The van der Waals surface area contributed by atoms with E-state index in [1.807, 2.05) is 26.0 Å². The second-order valence-corrected chi connectivity index (χ2v) is 8.74. The maximum Gasteiger partial charge on any atom is 0.264 e. The second-order valence-electron chi connectivity index (χ2n) is 6.87. The van der Waals surface area contributed by atoms with Crippen molar-refractivity contribution in [2.45, 2.75) is 25.2 Å². The molecule has 0 aliphatic rings. The Morgan fingerprint density at radius 3 is 2.20 bits per heavy atom. The maximum atomic E-state index is 14.5. The number of rotatable bonds is 7. The average molecular weight is 427 g/mol. The summed E-state index contributed by atoms with van der Waals surface area (Å²) in [5.74, 6) is -1.30. The van der Waals surface area contributed by atoms with E-state index in [4.69, 9.17) is 0 Å². The molecule has 0 saturated carbocycles. The third-order valence-corrected chi connectivity index (χ3v) is 6.44. The van der Waals surface area contributed by atoms with Gasteiger partial charge in [-0.15, -0.1) is 0 Å². The van der Waals surface area contributed by atoms with Gasteiger partial charge < -0.3 is 5.32 Å². The molecule has 3 aromatic rings. The van der Waals surface area contributed by atoms with Crippen molar-refractivity contribution < 1.29 is 17.6 Å². The molecule has 0 aliphatic carbocycles. The van der Waals surface area contributed by atoms with Crippen LogP contribution in [0.4, 0.5) is 15.8 Å². The Morgan fingerprint density at radius 1 is 0.967 bits per heavy atom. The summed E-state index contributed by atoms with van der Waals surface area (Å²) in [4.78, 5) is 12.6. The van der Waals surface area contributed by atoms with E-state index in [0.29, 0.717) is 5.69 Å². The highest BCUT2D eigenvalue weighted by atomic mass is 32.2. The number of para-hydroxylation sites is 1. The highest BCUT2D eigenvalue weighted by Crippen LogP contribution is 2.26. The van der Waals surface area contributed by atoms with Crippen LogP contribution in [-0.2, 0) is 21.2 Å². The number of anilines is 2. The van der Waals surface area contributed by atoms with Gasteiger partial charge in [-0.3, -0.25) is 9.10 Å². The number of hydrogen-bond acceptors (Lipinski definition) is 3. The molecule has 0 fully saturated rings. The van der Waals surface area contributed by atoms with Crippen LogP contribution >= 0.6 is 0 Å². The molecule has 0 unspecified atom stereocenters. The molecular formula is C23H23FN2O3S. The van der Waals surface area contributed by atoms with Gasteiger partial charge in [-0.25, -0.2) is 12.8 Å². The molecule has 3 rings (SSSR count). The van der Waals surface area contributed by atoms with Gasteiger partial charge in [0.15, 0.2) is 0 Å². The lowest BCUT2D eigenvalue weighted by Gasteiger charge is -2.24. The predicted molar refractivity (Wildman–Crippen MR) is 117 cm³/mol. The summed E-state index contributed by atoms with van der Waals surface area (Å²) in [5.41, 5.74) is 2.36. The molecule has 1 N–H and O–H groups in total. The van der Waals surface area contributed by atoms with Crippen LogP contribution in [0.2, 0.25) is 0 Å². The normalized spacial score (nSPS) is 11.2. The summed E-state index contributed by atoms with van der Waals surface area (Å²) >= 11 is 0. The Labute approximate surface area is 176 Å². The standard InChI is InChI=1S/C23H23FN2O3S/c1-3-18-10-12-19(13-11-18)25-23(27)16-26(22-7-5-4-6-21(22)24)30(28,29)20-14-8-17(2)9-15-20/h4-15H,3,16H2,1-2H3,(H,25,27). The minimum absolute atomic E-state index is 0.0172. The fraction of sp³-hybridized carbons (Fsp3) is 0.174. The molecule has 7 heteroatoms. The van der Waals surface area contributed by atoms with E-state index in [-0.39, 0.29) is 10.6 Å². The number of halogens is 1. The van der Waals surface area contributed by atoms with Gasteiger partial charge in [-0.1, -0.05) is 48.9 Å². The van der Waals surface area contributed by atoms with Crippen LogP contribution in [0.1, 0.15) is 18.1 Å². The van der Waals surface area contributed by atoms with Crippen molar-refractivity contribution in [2.75, 3.05) is 16.2 Å². The average Bonchev–Trinajstić information content (AvgIpc) is 2.73. The first-order valence-electron chi connectivity index (χ1n) is 9.54. The maximum absolute atomic E-state index is 14.5. The van der Waals surface area contributed by atoms with Crippen molar-refractivity contribution in [3.05, 3.63) is 89.7 Å². The van der Waals surface area contributed by atoms with Gasteiger partial charge in [-0.2, -0.15) is 0 Å². The van der Waals surface area contributed by atoms with E-state index in [1.165, 1.54) is 30.3 Å². The van der Waals surface area contributed by atoms with Crippen molar-refractivity contribution in [3.8, 4) is 0 Å². The number of amides is 1. The van der Waals surface area contributed by atoms with Crippen molar-refractivity contribution in [2.24, 2.45) is 0 Å². The quantitative estimate of drug-likeness (QED) is 0.604. The topological polar surface area (TPSA) is 66.5 Å². The molecule has 1 amide bonds. The molecule has 0 radical (unpaired) electrons. The summed E-state index contributed by atoms with van der Waals surface area (Å²) in [6, 6.07) is 18.9. The van der Waals surface area contributed by atoms with Gasteiger partial charge in [0.1, 0.15) is 12.4 Å². The fourth-order valence-electron chi connectivity index (χ4n) is 2.95. The summed E-state index contributed by atoms with van der Waals surface area (Å²) in [6.07, 6.45) is 0.865. The lowest BCUT2D eigenvalue weighted by Crippen LogP contribution is -2.38. The summed E-state index contributed by atoms with van der Waals surface area (Å²) in [5, 5.41) is 2.68. The first-order chi connectivity index (χ1) is 14.3. The van der Waals surface area contributed by atoms with Gasteiger partial charge in [0.2, 0.25) is 5.91 Å². The van der Waals surface area contributed by atoms with Crippen LogP contribution in [0, 0.1) is 12.7 Å². The van der Waals surface area contributed by atoms with E-state index in [0.717, 1.165) is 27.9 Å². The van der Waals surface area contributed by atoms with E-state index in [1.54, 1.807) is 24.3 Å². The number of nitrogens with one attached hydrogen (secondary N) is 1. The Balaban J connectivity index is 1.92. The predicted octanol–water partition coefficient (Wildman–Crippen LogP) is 4.53. The second kappa shape index (κ2) is 9.09. The van der Waals surface area contributed by atoms with Crippen LogP contribution in [0.25, 0.3) is 0 Å². The van der Waals surface area contributed by atoms with E-state index in [2.05, 4.69) is 5.32 Å². The molecule has 0 aliphatic heterocycles. The SMILES string of the molecule is CCc1ccc(NC(=O)CN(c2ccccc2F)S(=O)(=O)c2ccc(C)cc2)cc1. The van der Waals surface area contributed by atoms with Crippen LogP contribution in [0.15, 0.2) is 77.7 Å². The van der Waals surface area contributed by atoms with Crippen molar-refractivity contribution in [1.29, 1.82) is 0 Å². The lowest BCUT2D eigenvalue weighted by atomic mass is 10.1. The molecule has 0 spiro atoms. The zero-order valence-corrected chi connectivity index (χ0v) is 17.6. The minimum atomic E-state index is -4.16. The van der Waals surface area contributed by atoms with Crippen LogP contribution in [0.5, 0.6) is 0 Å². The number of carbonyl (C=O) groups excluding carboxylic acids is 1. The minimum Gasteiger partial charge on any atom is -0.325 e. The first kappa shape index (κ1) is 21.5. The molecule has 0 heterocycles. The van der Waals surface area contributed by atoms with Crippen LogP contribution in [-0.4, -0.2) is 20.9 Å².